The van der Waals surface area contributed by atoms with Crippen LogP contribution in [0.5, 0.6) is 0 Å². The Morgan fingerprint density at radius 3 is 2.29 bits per heavy atom. The van der Waals surface area contributed by atoms with E-state index in [0.29, 0.717) is 19.1 Å². The van der Waals surface area contributed by atoms with E-state index in [4.69, 9.17) is 9.47 Å². The van der Waals surface area contributed by atoms with Crippen molar-refractivity contribution in [2.45, 2.75) is 47.0 Å². The van der Waals surface area contributed by atoms with Gasteiger partial charge in [0.25, 0.3) is 0 Å². The Morgan fingerprint density at radius 1 is 1.10 bits per heavy atom. The van der Waals surface area contributed by atoms with Crippen LogP contribution >= 0.6 is 0 Å². The fraction of sp³-hybridized carbons (Fsp3) is 0.889. The van der Waals surface area contributed by atoms with Crippen molar-refractivity contribution in [1.29, 1.82) is 0 Å². The van der Waals surface area contributed by atoms with Crippen molar-refractivity contribution in [3.05, 3.63) is 12.2 Å². The Balaban J connectivity index is 3.27. The minimum absolute atomic E-state index is 0.603. The van der Waals surface area contributed by atoms with E-state index >= 15 is 0 Å². The first kappa shape index (κ1) is 20.6. The zero-order chi connectivity index (χ0) is 16.1. The lowest BCUT2D eigenvalue weighted by Gasteiger charge is -2.20. The summed E-state index contributed by atoms with van der Waals surface area (Å²) >= 11 is 0. The normalized spacial score (nSPS) is 14.4. The van der Waals surface area contributed by atoms with Gasteiger partial charge in [0, 0.05) is 19.7 Å². The Morgan fingerprint density at radius 2 is 1.71 bits per heavy atom. The second-order valence-corrected chi connectivity index (χ2v) is 6.39. The predicted molar refractivity (Wildman–Crippen MR) is 91.8 cm³/mol. The van der Waals surface area contributed by atoms with Gasteiger partial charge in [-0.3, -0.25) is 0 Å². The van der Waals surface area contributed by atoms with Crippen molar-refractivity contribution >= 4 is 0 Å². The summed E-state index contributed by atoms with van der Waals surface area (Å²) in [6, 6.07) is 0. The molecule has 0 aromatic carbocycles. The maximum atomic E-state index is 5.60. The molecule has 0 aromatic rings. The molecule has 0 rings (SSSR count). The van der Waals surface area contributed by atoms with E-state index in [0.717, 1.165) is 45.1 Å². The maximum Gasteiger partial charge on any atom is 0.0701 e. The number of allylic oxidation sites excluding steroid dienone is 1. The average Bonchev–Trinajstić information content (AvgIpc) is 2.44. The van der Waals surface area contributed by atoms with Gasteiger partial charge in [-0.2, -0.15) is 0 Å². The lowest BCUT2D eigenvalue weighted by molar-refractivity contribution is 0.0382. The third-order valence-corrected chi connectivity index (χ3v) is 4.08. The number of rotatable bonds is 14. The third kappa shape index (κ3) is 13.0. The fourth-order valence-electron chi connectivity index (χ4n) is 2.03. The smallest absolute Gasteiger partial charge is 0.0701 e. The first-order chi connectivity index (χ1) is 9.97. The zero-order valence-electron chi connectivity index (χ0n) is 15.0. The van der Waals surface area contributed by atoms with E-state index in [2.05, 4.69) is 46.2 Å². The molecule has 0 fully saturated rings. The molecule has 0 saturated carbocycles. The van der Waals surface area contributed by atoms with Crippen LogP contribution < -0.4 is 0 Å². The van der Waals surface area contributed by atoms with E-state index in [1.54, 1.807) is 0 Å². The summed E-state index contributed by atoms with van der Waals surface area (Å²) < 4.78 is 11.2. The summed E-state index contributed by atoms with van der Waals surface area (Å²) in [5.41, 5.74) is 1.26. The largest absolute Gasteiger partial charge is 0.379 e. The standard InChI is InChI=1S/C18H37NO2/c1-7-17(4)15-19(6)10-12-21-14-13-20-11-8-9-18(5)16(2)3/h17-18H,2,7-15H2,1,3-6H3. The first-order valence-electron chi connectivity index (χ1n) is 8.46. The molecule has 0 heterocycles. The highest BCUT2D eigenvalue weighted by molar-refractivity contribution is 4.93. The molecule has 0 aliphatic rings. The Hall–Kier alpha value is -0.380. The molecule has 0 aliphatic carbocycles. The Bertz CT molecular complexity index is 256. The molecule has 126 valence electrons. The van der Waals surface area contributed by atoms with Gasteiger partial charge in [-0.05, 0) is 38.6 Å². The number of hydrogen-bond acceptors (Lipinski definition) is 3. The Kier molecular flexibility index (Phi) is 13.1. The monoisotopic (exact) mass is 299 g/mol. The minimum Gasteiger partial charge on any atom is -0.379 e. The summed E-state index contributed by atoms with van der Waals surface area (Å²) in [6.45, 7) is 18.0. The zero-order valence-corrected chi connectivity index (χ0v) is 15.0. The summed E-state index contributed by atoms with van der Waals surface area (Å²) in [4.78, 5) is 2.34. The maximum absolute atomic E-state index is 5.60. The lowest BCUT2D eigenvalue weighted by atomic mass is 9.99. The number of nitrogens with zero attached hydrogens (tertiary/aromatic N) is 1. The molecular weight excluding hydrogens is 262 g/mol. The third-order valence-electron chi connectivity index (χ3n) is 4.08. The lowest BCUT2D eigenvalue weighted by Crippen LogP contribution is -2.28. The van der Waals surface area contributed by atoms with Gasteiger partial charge in [0.05, 0.1) is 19.8 Å². The highest BCUT2D eigenvalue weighted by Gasteiger charge is 2.04. The van der Waals surface area contributed by atoms with Crippen molar-refractivity contribution in [1.82, 2.24) is 4.90 Å². The van der Waals surface area contributed by atoms with Crippen LogP contribution in [0.2, 0.25) is 0 Å². The summed E-state index contributed by atoms with van der Waals surface area (Å²) in [6.07, 6.45) is 3.51. The van der Waals surface area contributed by atoms with Crippen LogP contribution in [0.15, 0.2) is 12.2 Å². The number of likely N-dealkylation sites (N-methyl/N-ethyl adjacent to an activating group) is 1. The second-order valence-electron chi connectivity index (χ2n) is 6.39. The number of ether oxygens (including phenoxy) is 2. The van der Waals surface area contributed by atoms with Gasteiger partial charge in [0.1, 0.15) is 0 Å². The molecule has 3 nitrogen and oxygen atoms in total. The minimum atomic E-state index is 0.603. The molecule has 2 atom stereocenters. The SMILES string of the molecule is C=C(C)C(C)CCCOCCOCCN(C)CC(C)CC. The van der Waals surface area contributed by atoms with Crippen LogP contribution in [0.1, 0.15) is 47.0 Å². The van der Waals surface area contributed by atoms with E-state index in [-0.39, 0.29) is 0 Å². The van der Waals surface area contributed by atoms with Crippen LogP contribution in [-0.2, 0) is 9.47 Å². The summed E-state index contributed by atoms with van der Waals surface area (Å²) in [7, 11) is 2.16. The predicted octanol–water partition coefficient (Wildman–Crippen LogP) is 3.99. The van der Waals surface area contributed by atoms with E-state index in [1.807, 2.05) is 0 Å². The fourth-order valence-corrected chi connectivity index (χ4v) is 2.03. The molecule has 0 bridgehead atoms. The molecule has 0 N–H and O–H groups in total. The molecule has 21 heavy (non-hydrogen) atoms. The van der Waals surface area contributed by atoms with Crippen molar-refractivity contribution in [3.8, 4) is 0 Å². The van der Waals surface area contributed by atoms with E-state index in [9.17, 15) is 0 Å². The molecule has 2 unspecified atom stereocenters. The van der Waals surface area contributed by atoms with Crippen LogP contribution in [0.3, 0.4) is 0 Å². The van der Waals surface area contributed by atoms with Crippen LogP contribution in [0.25, 0.3) is 0 Å². The van der Waals surface area contributed by atoms with Crippen molar-refractivity contribution < 1.29 is 9.47 Å². The molecule has 0 radical (unpaired) electrons. The highest BCUT2D eigenvalue weighted by atomic mass is 16.5. The van der Waals surface area contributed by atoms with E-state index < -0.39 is 0 Å². The van der Waals surface area contributed by atoms with Gasteiger partial charge >= 0.3 is 0 Å². The molecule has 0 aliphatic heterocycles. The molecule has 0 saturated heterocycles. The van der Waals surface area contributed by atoms with Crippen molar-refractivity contribution in [3.63, 3.8) is 0 Å². The second kappa shape index (κ2) is 13.3. The van der Waals surface area contributed by atoms with Crippen molar-refractivity contribution in [2.24, 2.45) is 11.8 Å². The molecule has 3 heteroatoms. The summed E-state index contributed by atoms with van der Waals surface area (Å²) in [5, 5.41) is 0. The van der Waals surface area contributed by atoms with Gasteiger partial charge in [-0.1, -0.05) is 39.3 Å². The molecule has 0 aromatic heterocycles. The first-order valence-corrected chi connectivity index (χ1v) is 8.46. The Labute approximate surface area is 132 Å². The van der Waals surface area contributed by atoms with Gasteiger partial charge < -0.3 is 14.4 Å². The molecular formula is C18H37NO2. The van der Waals surface area contributed by atoms with Crippen LogP contribution in [0.4, 0.5) is 0 Å². The van der Waals surface area contributed by atoms with Crippen LogP contribution in [0, 0.1) is 11.8 Å². The molecule has 0 spiro atoms. The van der Waals surface area contributed by atoms with Gasteiger partial charge in [-0.25, -0.2) is 0 Å². The topological polar surface area (TPSA) is 21.7 Å². The van der Waals surface area contributed by atoms with Gasteiger partial charge in [0.15, 0.2) is 0 Å². The quantitative estimate of drug-likeness (QED) is 0.357. The van der Waals surface area contributed by atoms with Crippen molar-refractivity contribution in [2.75, 3.05) is 46.6 Å². The summed E-state index contributed by atoms with van der Waals surface area (Å²) in [5.74, 6) is 1.37. The van der Waals surface area contributed by atoms with E-state index in [1.165, 1.54) is 12.0 Å². The van der Waals surface area contributed by atoms with Gasteiger partial charge in [0.2, 0.25) is 0 Å². The molecule has 0 amide bonds. The van der Waals surface area contributed by atoms with Gasteiger partial charge in [-0.15, -0.1) is 0 Å². The average molecular weight is 299 g/mol. The highest BCUT2D eigenvalue weighted by Crippen LogP contribution is 2.13. The van der Waals surface area contributed by atoms with Crippen LogP contribution in [-0.4, -0.2) is 51.5 Å². The number of hydrogen-bond donors (Lipinski definition) is 0.